The van der Waals surface area contributed by atoms with E-state index in [0.29, 0.717) is 12.1 Å². The molecule has 17 heavy (non-hydrogen) atoms. The van der Waals surface area contributed by atoms with E-state index in [9.17, 15) is 4.39 Å². The van der Waals surface area contributed by atoms with Crippen LogP contribution < -0.4 is 5.32 Å². The van der Waals surface area contributed by atoms with Crippen LogP contribution in [0, 0.1) is 12.7 Å². The van der Waals surface area contributed by atoms with E-state index < -0.39 is 0 Å². The van der Waals surface area contributed by atoms with Crippen LogP contribution in [-0.4, -0.2) is 7.05 Å². The Labute approximate surface area is 101 Å². The quantitative estimate of drug-likeness (QED) is 0.849. The Balaban J connectivity index is 2.42. The van der Waals surface area contributed by atoms with Gasteiger partial charge >= 0.3 is 0 Å². The van der Waals surface area contributed by atoms with Gasteiger partial charge in [-0.1, -0.05) is 35.9 Å². The second-order valence-electron chi connectivity index (χ2n) is 4.21. The minimum Gasteiger partial charge on any atom is -0.316 e. The van der Waals surface area contributed by atoms with Crippen molar-refractivity contribution in [3.63, 3.8) is 0 Å². The van der Waals surface area contributed by atoms with Crippen molar-refractivity contribution in [1.29, 1.82) is 0 Å². The number of halogens is 1. The van der Waals surface area contributed by atoms with Gasteiger partial charge in [0.25, 0.3) is 0 Å². The molecule has 2 aromatic rings. The first kappa shape index (κ1) is 11.8. The average molecular weight is 229 g/mol. The number of hydrogen-bond acceptors (Lipinski definition) is 1. The third-order valence-electron chi connectivity index (χ3n) is 2.76. The number of hydrogen-bond donors (Lipinski definition) is 1. The molecule has 0 aliphatic rings. The van der Waals surface area contributed by atoms with Gasteiger partial charge in [0.05, 0.1) is 0 Å². The summed E-state index contributed by atoms with van der Waals surface area (Å²) in [7, 11) is 1.82. The van der Waals surface area contributed by atoms with Crippen molar-refractivity contribution in [2.24, 2.45) is 0 Å². The summed E-state index contributed by atoms with van der Waals surface area (Å²) in [6, 6.07) is 13.5. The molecule has 0 atom stereocenters. The van der Waals surface area contributed by atoms with Gasteiger partial charge < -0.3 is 5.32 Å². The molecule has 0 amide bonds. The third-order valence-corrected chi connectivity index (χ3v) is 2.76. The van der Waals surface area contributed by atoms with Gasteiger partial charge in [-0.15, -0.1) is 0 Å². The Kier molecular flexibility index (Phi) is 3.55. The van der Waals surface area contributed by atoms with E-state index in [2.05, 4.69) is 24.4 Å². The molecule has 2 aromatic carbocycles. The molecular formula is C15H16FN. The van der Waals surface area contributed by atoms with Gasteiger partial charge in [-0.2, -0.15) is 0 Å². The van der Waals surface area contributed by atoms with Crippen LogP contribution in [0.3, 0.4) is 0 Å². The van der Waals surface area contributed by atoms with Gasteiger partial charge in [0.1, 0.15) is 5.82 Å². The van der Waals surface area contributed by atoms with Crippen LogP contribution in [0.1, 0.15) is 11.1 Å². The predicted octanol–water partition coefficient (Wildman–Crippen LogP) is 3.52. The van der Waals surface area contributed by atoms with Crippen LogP contribution in [-0.2, 0) is 6.54 Å². The summed E-state index contributed by atoms with van der Waals surface area (Å²) in [5, 5.41) is 2.97. The summed E-state index contributed by atoms with van der Waals surface area (Å²) in [4.78, 5) is 0. The highest BCUT2D eigenvalue weighted by atomic mass is 19.1. The van der Waals surface area contributed by atoms with E-state index in [1.807, 2.05) is 31.3 Å². The van der Waals surface area contributed by atoms with Crippen LogP contribution in [0.5, 0.6) is 0 Å². The molecule has 0 aliphatic heterocycles. The summed E-state index contributed by atoms with van der Waals surface area (Å²) in [6.07, 6.45) is 0. The molecule has 88 valence electrons. The first-order chi connectivity index (χ1) is 8.20. The zero-order valence-electron chi connectivity index (χ0n) is 10.1. The van der Waals surface area contributed by atoms with E-state index >= 15 is 0 Å². The van der Waals surface area contributed by atoms with Crippen LogP contribution in [0.25, 0.3) is 11.1 Å². The molecule has 0 saturated heterocycles. The maximum Gasteiger partial charge on any atom is 0.127 e. The summed E-state index contributed by atoms with van der Waals surface area (Å²) in [5.74, 6) is -0.157. The molecule has 1 N–H and O–H groups in total. The fourth-order valence-electron chi connectivity index (χ4n) is 1.90. The summed E-state index contributed by atoms with van der Waals surface area (Å²) in [5.41, 5.74) is 4.09. The topological polar surface area (TPSA) is 12.0 Å². The van der Waals surface area contributed by atoms with Crippen molar-refractivity contribution < 1.29 is 4.39 Å². The second-order valence-corrected chi connectivity index (χ2v) is 4.21. The lowest BCUT2D eigenvalue weighted by molar-refractivity contribution is 0.601. The Morgan fingerprint density at radius 1 is 1.06 bits per heavy atom. The van der Waals surface area contributed by atoms with E-state index in [4.69, 9.17) is 0 Å². The molecule has 1 nitrogen and oxygen atoms in total. The molecule has 2 heteroatoms. The van der Waals surface area contributed by atoms with Gasteiger partial charge in [-0.25, -0.2) is 4.39 Å². The number of rotatable bonds is 3. The Hall–Kier alpha value is -1.67. The molecule has 0 saturated carbocycles. The molecular weight excluding hydrogens is 213 g/mol. The highest BCUT2D eigenvalue weighted by Crippen LogP contribution is 2.22. The van der Waals surface area contributed by atoms with Crippen molar-refractivity contribution >= 4 is 0 Å². The van der Waals surface area contributed by atoms with Gasteiger partial charge in [0.15, 0.2) is 0 Å². The van der Waals surface area contributed by atoms with Crippen LogP contribution in [0.4, 0.5) is 4.39 Å². The SMILES string of the molecule is CNCc1cc(-c2cccc(C)c2)ccc1F. The average Bonchev–Trinajstić information content (AvgIpc) is 2.32. The Morgan fingerprint density at radius 2 is 1.82 bits per heavy atom. The Morgan fingerprint density at radius 3 is 2.53 bits per heavy atom. The van der Waals surface area contributed by atoms with Crippen molar-refractivity contribution in [1.82, 2.24) is 5.32 Å². The van der Waals surface area contributed by atoms with E-state index in [1.54, 1.807) is 0 Å². The highest BCUT2D eigenvalue weighted by Gasteiger charge is 2.04. The summed E-state index contributed by atoms with van der Waals surface area (Å²) < 4.78 is 13.5. The van der Waals surface area contributed by atoms with Gasteiger partial charge in [-0.3, -0.25) is 0 Å². The smallest absolute Gasteiger partial charge is 0.127 e. The second kappa shape index (κ2) is 5.11. The minimum atomic E-state index is -0.157. The molecule has 0 spiro atoms. The van der Waals surface area contributed by atoms with Gasteiger partial charge in [0, 0.05) is 12.1 Å². The molecule has 0 unspecified atom stereocenters. The lowest BCUT2D eigenvalue weighted by Gasteiger charge is -2.07. The van der Waals surface area contributed by atoms with E-state index in [0.717, 1.165) is 11.1 Å². The van der Waals surface area contributed by atoms with Crippen molar-refractivity contribution in [2.75, 3.05) is 7.05 Å². The summed E-state index contributed by atoms with van der Waals surface area (Å²) >= 11 is 0. The molecule has 0 aromatic heterocycles. The van der Waals surface area contributed by atoms with E-state index in [-0.39, 0.29) is 5.82 Å². The fraction of sp³-hybridized carbons (Fsp3) is 0.200. The standard InChI is InChI=1S/C15H16FN/c1-11-4-3-5-12(8-11)13-6-7-15(16)14(9-13)10-17-2/h3-9,17H,10H2,1-2H3. The molecule has 0 bridgehead atoms. The normalized spacial score (nSPS) is 10.5. The van der Waals surface area contributed by atoms with Crippen molar-refractivity contribution in [2.45, 2.75) is 13.5 Å². The highest BCUT2D eigenvalue weighted by molar-refractivity contribution is 5.65. The van der Waals surface area contributed by atoms with Crippen LogP contribution in [0.2, 0.25) is 0 Å². The molecule has 2 rings (SSSR count). The fourth-order valence-corrected chi connectivity index (χ4v) is 1.90. The maximum atomic E-state index is 13.5. The zero-order valence-corrected chi connectivity index (χ0v) is 10.1. The predicted molar refractivity (Wildman–Crippen MR) is 69.3 cm³/mol. The van der Waals surface area contributed by atoms with Crippen molar-refractivity contribution in [3.8, 4) is 11.1 Å². The molecule has 0 heterocycles. The lowest BCUT2D eigenvalue weighted by atomic mass is 10.0. The molecule has 0 radical (unpaired) electrons. The number of benzene rings is 2. The maximum absolute atomic E-state index is 13.5. The van der Waals surface area contributed by atoms with Crippen LogP contribution >= 0.6 is 0 Å². The molecule has 0 aliphatic carbocycles. The minimum absolute atomic E-state index is 0.157. The first-order valence-electron chi connectivity index (χ1n) is 5.71. The third kappa shape index (κ3) is 2.71. The van der Waals surface area contributed by atoms with E-state index in [1.165, 1.54) is 11.6 Å². The van der Waals surface area contributed by atoms with Crippen molar-refractivity contribution in [3.05, 3.63) is 59.4 Å². The molecule has 0 fully saturated rings. The van der Waals surface area contributed by atoms with Gasteiger partial charge in [0.2, 0.25) is 0 Å². The number of nitrogens with one attached hydrogen (secondary N) is 1. The summed E-state index contributed by atoms with van der Waals surface area (Å²) in [6.45, 7) is 2.60. The lowest BCUT2D eigenvalue weighted by Crippen LogP contribution is -2.07. The monoisotopic (exact) mass is 229 g/mol. The van der Waals surface area contributed by atoms with Gasteiger partial charge in [-0.05, 0) is 37.2 Å². The number of aryl methyl sites for hydroxylation is 1. The zero-order chi connectivity index (χ0) is 12.3. The van der Waals surface area contributed by atoms with Crippen LogP contribution in [0.15, 0.2) is 42.5 Å². The Bertz CT molecular complexity index is 520. The first-order valence-corrected chi connectivity index (χ1v) is 5.71. The largest absolute Gasteiger partial charge is 0.316 e.